The molecule has 6 heteroatoms. The average Bonchev–Trinajstić information content (AvgIpc) is 3.17. The molecule has 1 saturated heterocycles. The molecule has 2 aromatic carbocycles. The highest BCUT2D eigenvalue weighted by atomic mass is 79.9. The third kappa shape index (κ3) is 4.28. The lowest BCUT2D eigenvalue weighted by molar-refractivity contribution is 0.220. The number of hydrogen-bond acceptors (Lipinski definition) is 5. The van der Waals surface area contributed by atoms with Gasteiger partial charge in [-0.15, -0.1) is 0 Å². The maximum Gasteiger partial charge on any atom is 0.220 e. The predicted octanol–water partition coefficient (Wildman–Crippen LogP) is 3.43. The third-order valence-corrected chi connectivity index (χ3v) is 5.56. The van der Waals surface area contributed by atoms with Crippen LogP contribution in [0.3, 0.4) is 0 Å². The number of aliphatic imine (C=N–C) groups is 1. The maximum absolute atomic E-state index is 5.89. The Labute approximate surface area is 168 Å². The summed E-state index contributed by atoms with van der Waals surface area (Å²) < 4.78 is 12.3. The summed E-state index contributed by atoms with van der Waals surface area (Å²) in [5.74, 6) is 1.47. The summed E-state index contributed by atoms with van der Waals surface area (Å²) >= 11 is 3.51. The van der Waals surface area contributed by atoms with Crippen molar-refractivity contribution in [1.29, 1.82) is 0 Å². The number of para-hydroxylation sites is 1. The van der Waals surface area contributed by atoms with Gasteiger partial charge in [-0.25, -0.2) is 4.99 Å². The van der Waals surface area contributed by atoms with Crippen LogP contribution in [0.5, 0.6) is 5.75 Å². The molecule has 1 atom stereocenters. The smallest absolute Gasteiger partial charge is 0.220 e. The van der Waals surface area contributed by atoms with Crippen molar-refractivity contribution in [2.45, 2.75) is 6.04 Å². The fourth-order valence-electron chi connectivity index (χ4n) is 3.63. The van der Waals surface area contributed by atoms with Crippen LogP contribution in [0.4, 0.5) is 5.69 Å². The lowest BCUT2D eigenvalue weighted by atomic mass is 10.2. The van der Waals surface area contributed by atoms with Crippen molar-refractivity contribution in [2.75, 3.05) is 51.3 Å². The number of nitrogens with zero attached hydrogens (tertiary/aromatic N) is 3. The van der Waals surface area contributed by atoms with Crippen molar-refractivity contribution in [1.82, 2.24) is 4.90 Å². The van der Waals surface area contributed by atoms with Gasteiger partial charge in [0.25, 0.3) is 0 Å². The van der Waals surface area contributed by atoms with Crippen molar-refractivity contribution >= 4 is 27.5 Å². The monoisotopic (exact) mass is 429 g/mol. The van der Waals surface area contributed by atoms with E-state index in [1.54, 1.807) is 7.11 Å². The summed E-state index contributed by atoms with van der Waals surface area (Å²) in [6, 6.07) is 16.7. The molecule has 1 fully saturated rings. The van der Waals surface area contributed by atoms with E-state index >= 15 is 0 Å². The van der Waals surface area contributed by atoms with Gasteiger partial charge in [-0.05, 0) is 30.3 Å². The van der Waals surface area contributed by atoms with Gasteiger partial charge in [-0.3, -0.25) is 4.90 Å². The zero-order valence-corrected chi connectivity index (χ0v) is 17.1. The van der Waals surface area contributed by atoms with Gasteiger partial charge < -0.3 is 14.4 Å². The Hall–Kier alpha value is -2.05. The Morgan fingerprint density at radius 2 is 1.89 bits per heavy atom. The zero-order valence-electron chi connectivity index (χ0n) is 15.5. The van der Waals surface area contributed by atoms with Gasteiger partial charge >= 0.3 is 0 Å². The molecule has 0 radical (unpaired) electrons. The van der Waals surface area contributed by atoms with Gasteiger partial charge in [0, 0.05) is 42.9 Å². The number of benzene rings is 2. The second-order valence-electron chi connectivity index (χ2n) is 6.87. The minimum atomic E-state index is 0.173. The number of methoxy groups -OCH3 is 1. The molecule has 0 unspecified atom stereocenters. The number of piperazine rings is 1. The molecule has 0 aliphatic carbocycles. The van der Waals surface area contributed by atoms with E-state index in [2.05, 4.69) is 56.1 Å². The molecule has 2 aliphatic rings. The van der Waals surface area contributed by atoms with Gasteiger partial charge in [0.1, 0.15) is 18.4 Å². The average molecular weight is 430 g/mol. The first-order valence-corrected chi connectivity index (χ1v) is 10.1. The summed E-state index contributed by atoms with van der Waals surface area (Å²) in [6.45, 7) is 5.76. The first kappa shape index (κ1) is 18.3. The molecule has 2 heterocycles. The Morgan fingerprint density at radius 1 is 1.11 bits per heavy atom. The Bertz CT molecular complexity index is 804. The molecule has 142 valence electrons. The van der Waals surface area contributed by atoms with Crippen molar-refractivity contribution in [2.24, 2.45) is 4.99 Å². The lowest BCUT2D eigenvalue weighted by Gasteiger charge is -2.36. The summed E-state index contributed by atoms with van der Waals surface area (Å²) in [5.41, 5.74) is 2.21. The number of hydrogen-bond donors (Lipinski definition) is 0. The Balaban J connectivity index is 1.36. The molecular weight excluding hydrogens is 406 g/mol. The van der Waals surface area contributed by atoms with Crippen LogP contribution in [0.25, 0.3) is 0 Å². The molecule has 0 saturated carbocycles. The highest BCUT2D eigenvalue weighted by Crippen LogP contribution is 2.26. The van der Waals surface area contributed by atoms with Crippen LogP contribution in [-0.2, 0) is 4.74 Å². The maximum atomic E-state index is 5.89. The normalized spacial score (nSPS) is 20.3. The molecular formula is C21H24BrN3O2. The van der Waals surface area contributed by atoms with Gasteiger partial charge in [-0.2, -0.15) is 0 Å². The molecule has 0 spiro atoms. The quantitative estimate of drug-likeness (QED) is 0.729. The molecule has 2 aromatic rings. The molecule has 0 N–H and O–H groups in total. The summed E-state index contributed by atoms with van der Waals surface area (Å²) in [5, 5.41) is 0. The number of anilines is 1. The van der Waals surface area contributed by atoms with E-state index in [-0.39, 0.29) is 6.04 Å². The van der Waals surface area contributed by atoms with Crippen molar-refractivity contribution in [3.63, 3.8) is 0 Å². The van der Waals surface area contributed by atoms with Gasteiger partial charge in [-0.1, -0.05) is 34.1 Å². The minimum Gasteiger partial charge on any atom is -0.496 e. The number of rotatable bonds is 5. The molecule has 0 aromatic heterocycles. The van der Waals surface area contributed by atoms with Gasteiger partial charge in [0.2, 0.25) is 5.90 Å². The van der Waals surface area contributed by atoms with Crippen LogP contribution < -0.4 is 9.64 Å². The molecule has 0 amide bonds. The van der Waals surface area contributed by atoms with E-state index in [1.165, 1.54) is 5.69 Å². The van der Waals surface area contributed by atoms with Crippen LogP contribution >= 0.6 is 15.9 Å². The van der Waals surface area contributed by atoms with Gasteiger partial charge in [0.05, 0.1) is 12.7 Å². The van der Waals surface area contributed by atoms with E-state index in [4.69, 9.17) is 14.5 Å². The van der Waals surface area contributed by atoms with Gasteiger partial charge in [0.15, 0.2) is 0 Å². The van der Waals surface area contributed by atoms with Crippen LogP contribution in [0, 0.1) is 0 Å². The number of ether oxygens (including phenoxy) is 2. The van der Waals surface area contributed by atoms with E-state index < -0.39 is 0 Å². The highest BCUT2D eigenvalue weighted by Gasteiger charge is 2.26. The van der Waals surface area contributed by atoms with E-state index in [1.807, 2.05) is 18.2 Å². The fraction of sp³-hybridized carbons (Fsp3) is 0.381. The van der Waals surface area contributed by atoms with E-state index in [9.17, 15) is 0 Å². The topological polar surface area (TPSA) is 37.3 Å². The molecule has 4 rings (SSSR count). The van der Waals surface area contributed by atoms with Crippen LogP contribution in [0.1, 0.15) is 5.56 Å². The molecule has 0 bridgehead atoms. The van der Waals surface area contributed by atoms with Crippen molar-refractivity contribution in [3.05, 3.63) is 58.6 Å². The largest absolute Gasteiger partial charge is 0.496 e. The zero-order chi connectivity index (χ0) is 18.6. The number of halogens is 1. The Kier molecular flexibility index (Phi) is 5.64. The van der Waals surface area contributed by atoms with Crippen molar-refractivity contribution < 1.29 is 9.47 Å². The summed E-state index contributed by atoms with van der Waals surface area (Å²) in [6.07, 6.45) is 0. The predicted molar refractivity (Wildman–Crippen MR) is 112 cm³/mol. The summed E-state index contributed by atoms with van der Waals surface area (Å²) in [4.78, 5) is 9.75. The fourth-order valence-corrected chi connectivity index (χ4v) is 3.99. The standard InChI is InChI=1S/C21H24BrN3O2/c1-26-20-8-7-16(22)13-19(20)21-23-17(15-27-21)14-24-9-11-25(12-10-24)18-5-3-2-4-6-18/h2-8,13,17H,9-12,14-15H2,1H3/t17-/m1/s1. The van der Waals surface area contributed by atoms with Crippen LogP contribution in [-0.4, -0.2) is 63.3 Å². The van der Waals surface area contributed by atoms with E-state index in [0.29, 0.717) is 12.5 Å². The van der Waals surface area contributed by atoms with E-state index in [0.717, 1.165) is 48.5 Å². The van der Waals surface area contributed by atoms with Crippen molar-refractivity contribution in [3.8, 4) is 5.75 Å². The van der Waals surface area contributed by atoms with Crippen LogP contribution in [0.2, 0.25) is 0 Å². The molecule has 2 aliphatic heterocycles. The third-order valence-electron chi connectivity index (χ3n) is 5.07. The second-order valence-corrected chi connectivity index (χ2v) is 7.78. The SMILES string of the molecule is COc1ccc(Br)cc1C1=N[C@H](CN2CCN(c3ccccc3)CC2)CO1. The minimum absolute atomic E-state index is 0.173. The first-order chi connectivity index (χ1) is 13.2. The molecule has 27 heavy (non-hydrogen) atoms. The first-order valence-electron chi connectivity index (χ1n) is 9.30. The second kappa shape index (κ2) is 8.31. The molecule has 5 nitrogen and oxygen atoms in total. The highest BCUT2D eigenvalue weighted by molar-refractivity contribution is 9.10. The summed E-state index contributed by atoms with van der Waals surface area (Å²) in [7, 11) is 1.67. The lowest BCUT2D eigenvalue weighted by Crippen LogP contribution is -2.48. The van der Waals surface area contributed by atoms with Crippen LogP contribution in [0.15, 0.2) is 58.0 Å². The Morgan fingerprint density at radius 3 is 2.63 bits per heavy atom.